The fourth-order valence-corrected chi connectivity index (χ4v) is 1.71. The van der Waals surface area contributed by atoms with Crippen LogP contribution in [0.25, 0.3) is 16.1 Å². The molecule has 18 heavy (non-hydrogen) atoms. The first-order valence-electron chi connectivity index (χ1n) is 5.15. The van der Waals surface area contributed by atoms with Gasteiger partial charge >= 0.3 is 0 Å². The third-order valence-electron chi connectivity index (χ3n) is 2.47. The zero-order chi connectivity index (χ0) is 13.0. The number of azide groups is 1. The molecule has 0 aliphatic rings. The molecule has 1 heterocycles. The van der Waals surface area contributed by atoms with Crippen LogP contribution in [0.3, 0.4) is 0 Å². The average Bonchev–Trinajstić information content (AvgIpc) is 2.84. The molecule has 0 atom stereocenters. The summed E-state index contributed by atoms with van der Waals surface area (Å²) >= 11 is 0. The van der Waals surface area contributed by atoms with Gasteiger partial charge in [-0.15, -0.1) is 0 Å². The topological polar surface area (TPSA) is 96.8 Å². The zero-order valence-electron chi connectivity index (χ0n) is 9.30. The predicted octanol–water partition coefficient (Wildman–Crippen LogP) is 3.20. The smallest absolute Gasteiger partial charge is 0.293 e. The molecule has 0 aliphatic heterocycles. The summed E-state index contributed by atoms with van der Waals surface area (Å²) in [4.78, 5) is 13.2. The summed E-state index contributed by atoms with van der Waals surface area (Å²) in [6, 6.07) is 9.92. The van der Waals surface area contributed by atoms with Crippen molar-refractivity contribution in [1.82, 2.24) is 4.57 Å². The fraction of sp³-hybridized carbons (Fsp3) is 0.0909. The van der Waals surface area contributed by atoms with Crippen molar-refractivity contribution in [3.8, 4) is 5.69 Å². The largest absolute Gasteiger partial charge is 0.315 e. The van der Waals surface area contributed by atoms with E-state index < -0.39 is 4.92 Å². The number of nitrogens with zero attached hydrogens (tertiary/aromatic N) is 5. The minimum absolute atomic E-state index is 0.0101. The van der Waals surface area contributed by atoms with Gasteiger partial charge in [-0.1, -0.05) is 17.2 Å². The lowest BCUT2D eigenvalue weighted by atomic mass is 10.2. The molecule has 0 N–H and O–H groups in total. The lowest BCUT2D eigenvalue weighted by Crippen LogP contribution is -2.02. The van der Waals surface area contributed by atoms with Gasteiger partial charge in [-0.25, -0.2) is 0 Å². The Hall–Kier alpha value is -2.79. The Morgan fingerprint density at radius 3 is 2.83 bits per heavy atom. The number of nitro benzene ring substituents is 1. The highest BCUT2D eigenvalue weighted by Crippen LogP contribution is 2.24. The second kappa shape index (κ2) is 5.03. The number of nitro groups is 1. The summed E-state index contributed by atoms with van der Waals surface area (Å²) in [5, 5.41) is 14.4. The predicted molar refractivity (Wildman–Crippen MR) is 65.3 cm³/mol. The van der Waals surface area contributed by atoms with Crippen molar-refractivity contribution in [1.29, 1.82) is 0 Å². The molecule has 1 aromatic carbocycles. The third kappa shape index (κ3) is 2.16. The van der Waals surface area contributed by atoms with Gasteiger partial charge < -0.3 is 4.57 Å². The number of hydrogen-bond acceptors (Lipinski definition) is 3. The van der Waals surface area contributed by atoms with Crippen molar-refractivity contribution in [2.75, 3.05) is 0 Å². The molecule has 0 aliphatic carbocycles. The number of aromatic nitrogens is 1. The van der Waals surface area contributed by atoms with Gasteiger partial charge in [-0.05, 0) is 23.7 Å². The van der Waals surface area contributed by atoms with E-state index in [-0.39, 0.29) is 12.2 Å². The fourth-order valence-electron chi connectivity index (χ4n) is 1.71. The molecule has 90 valence electrons. The van der Waals surface area contributed by atoms with E-state index in [4.69, 9.17) is 5.53 Å². The molecule has 2 aromatic rings. The Morgan fingerprint density at radius 2 is 2.11 bits per heavy atom. The maximum atomic E-state index is 11.0. The first kappa shape index (κ1) is 11.7. The van der Waals surface area contributed by atoms with Crippen LogP contribution >= 0.6 is 0 Å². The van der Waals surface area contributed by atoms with E-state index in [1.807, 2.05) is 0 Å². The Bertz CT molecular complexity index is 628. The summed E-state index contributed by atoms with van der Waals surface area (Å²) in [6.07, 6.45) is 1.70. The van der Waals surface area contributed by atoms with Crippen LogP contribution in [-0.4, -0.2) is 9.49 Å². The molecule has 0 saturated carbocycles. The summed E-state index contributed by atoms with van der Waals surface area (Å²) in [5.41, 5.74) is 9.47. The first-order chi connectivity index (χ1) is 8.74. The molecule has 0 bridgehead atoms. The Morgan fingerprint density at radius 1 is 1.33 bits per heavy atom. The molecule has 0 amide bonds. The van der Waals surface area contributed by atoms with E-state index in [0.29, 0.717) is 11.4 Å². The minimum Gasteiger partial charge on any atom is -0.315 e. The van der Waals surface area contributed by atoms with Crippen molar-refractivity contribution < 1.29 is 4.92 Å². The van der Waals surface area contributed by atoms with Crippen LogP contribution in [0.2, 0.25) is 0 Å². The molecular formula is C11H9N5O2. The SMILES string of the molecule is [N-]=[N+]=NCc1cccn1-c1ccccc1[N+](=O)[O-]. The van der Waals surface area contributed by atoms with Crippen LogP contribution in [0.5, 0.6) is 0 Å². The van der Waals surface area contributed by atoms with Crippen LogP contribution in [-0.2, 0) is 6.54 Å². The Balaban J connectivity index is 2.52. The maximum absolute atomic E-state index is 11.0. The van der Waals surface area contributed by atoms with E-state index in [0.717, 1.165) is 0 Å². The van der Waals surface area contributed by atoms with Crippen molar-refractivity contribution in [2.45, 2.75) is 6.54 Å². The zero-order valence-corrected chi connectivity index (χ0v) is 9.30. The van der Waals surface area contributed by atoms with E-state index in [2.05, 4.69) is 10.0 Å². The first-order valence-corrected chi connectivity index (χ1v) is 5.15. The highest BCUT2D eigenvalue weighted by Gasteiger charge is 2.15. The lowest BCUT2D eigenvalue weighted by molar-refractivity contribution is -0.384. The summed E-state index contributed by atoms with van der Waals surface area (Å²) < 4.78 is 1.65. The maximum Gasteiger partial charge on any atom is 0.293 e. The normalized spacial score (nSPS) is 9.78. The molecule has 2 rings (SSSR count). The van der Waals surface area contributed by atoms with Crippen molar-refractivity contribution in [3.63, 3.8) is 0 Å². The third-order valence-corrected chi connectivity index (χ3v) is 2.47. The van der Waals surface area contributed by atoms with Crippen molar-refractivity contribution in [2.24, 2.45) is 5.11 Å². The summed E-state index contributed by atoms with van der Waals surface area (Å²) in [5.74, 6) is 0. The molecule has 7 heteroatoms. The monoisotopic (exact) mass is 243 g/mol. The van der Waals surface area contributed by atoms with Gasteiger partial charge in [0.05, 0.1) is 11.5 Å². The van der Waals surface area contributed by atoms with Crippen molar-refractivity contribution in [3.05, 3.63) is 68.8 Å². The van der Waals surface area contributed by atoms with Gasteiger partial charge in [0, 0.05) is 22.9 Å². The van der Waals surface area contributed by atoms with Gasteiger partial charge in [0.1, 0.15) is 5.69 Å². The molecule has 0 spiro atoms. The number of benzene rings is 1. The van der Waals surface area contributed by atoms with Gasteiger partial charge in [0.15, 0.2) is 0 Å². The van der Waals surface area contributed by atoms with Crippen LogP contribution in [0.1, 0.15) is 5.69 Å². The highest BCUT2D eigenvalue weighted by atomic mass is 16.6. The quantitative estimate of drug-likeness (QED) is 0.271. The second-order valence-corrected chi connectivity index (χ2v) is 3.50. The molecule has 1 aromatic heterocycles. The van der Waals surface area contributed by atoms with Crippen LogP contribution < -0.4 is 0 Å². The molecular weight excluding hydrogens is 234 g/mol. The van der Waals surface area contributed by atoms with Crippen LogP contribution in [0.15, 0.2) is 47.7 Å². The van der Waals surface area contributed by atoms with Gasteiger partial charge in [0.2, 0.25) is 0 Å². The summed E-state index contributed by atoms with van der Waals surface area (Å²) in [6.45, 7) is 0.148. The Kier molecular flexibility index (Phi) is 3.26. The lowest BCUT2D eigenvalue weighted by Gasteiger charge is -2.07. The molecule has 0 saturated heterocycles. The minimum atomic E-state index is -0.438. The average molecular weight is 243 g/mol. The standard InChI is InChI=1S/C11H9N5O2/c12-14-13-8-9-4-3-7-15(9)10-5-1-2-6-11(10)16(17)18/h1-7H,8H2. The van der Waals surface area contributed by atoms with E-state index in [1.54, 1.807) is 41.1 Å². The highest BCUT2D eigenvalue weighted by molar-refractivity contribution is 5.53. The van der Waals surface area contributed by atoms with Crippen LogP contribution in [0, 0.1) is 10.1 Å². The van der Waals surface area contributed by atoms with E-state index in [1.165, 1.54) is 6.07 Å². The van der Waals surface area contributed by atoms with Crippen molar-refractivity contribution >= 4 is 5.69 Å². The molecule has 0 radical (unpaired) electrons. The molecule has 0 fully saturated rings. The number of hydrogen-bond donors (Lipinski definition) is 0. The number of para-hydroxylation sites is 2. The molecule has 0 unspecified atom stereocenters. The molecule has 7 nitrogen and oxygen atoms in total. The van der Waals surface area contributed by atoms with Gasteiger partial charge in [-0.2, -0.15) is 0 Å². The van der Waals surface area contributed by atoms with E-state index in [9.17, 15) is 10.1 Å². The number of rotatable bonds is 4. The van der Waals surface area contributed by atoms with Gasteiger partial charge in [0.25, 0.3) is 5.69 Å². The summed E-state index contributed by atoms with van der Waals surface area (Å²) in [7, 11) is 0. The van der Waals surface area contributed by atoms with Gasteiger partial charge in [-0.3, -0.25) is 10.1 Å². The van der Waals surface area contributed by atoms with Crippen LogP contribution in [0.4, 0.5) is 5.69 Å². The second-order valence-electron chi connectivity index (χ2n) is 3.50. The Labute approximate surface area is 102 Å². The van der Waals surface area contributed by atoms with E-state index >= 15 is 0 Å².